The van der Waals surface area contributed by atoms with Gasteiger partial charge in [0.05, 0.1) is 5.56 Å². The van der Waals surface area contributed by atoms with E-state index in [2.05, 4.69) is 20.4 Å². The normalized spacial score (nSPS) is 18.0. The molecular weight excluding hydrogens is 400 g/mol. The Bertz CT molecular complexity index is 1090. The fourth-order valence-corrected chi connectivity index (χ4v) is 3.85. The van der Waals surface area contributed by atoms with Crippen molar-refractivity contribution < 1.29 is 22.7 Å². The van der Waals surface area contributed by atoms with Crippen LogP contribution < -0.4 is 5.32 Å². The number of likely N-dealkylation sites (N-methyl/N-ethyl adjacent to an activating group) is 1. The average molecular weight is 420 g/mol. The first kappa shape index (κ1) is 20.3. The maximum Gasteiger partial charge on any atom is 0.416 e. The van der Waals surface area contributed by atoms with Gasteiger partial charge in [-0.1, -0.05) is 12.1 Å². The van der Waals surface area contributed by atoms with Gasteiger partial charge in [0, 0.05) is 28.9 Å². The van der Waals surface area contributed by atoms with Gasteiger partial charge in [0.2, 0.25) is 0 Å². The molecule has 2 N–H and O–H groups in total. The number of hydrogen-bond acceptors (Lipinski definition) is 5. The summed E-state index contributed by atoms with van der Waals surface area (Å²) in [6.07, 6.45) is -2.65. The Balaban J connectivity index is 1.79. The minimum Gasteiger partial charge on any atom is -0.507 e. The smallest absolute Gasteiger partial charge is 0.416 e. The molecule has 0 radical (unpaired) electrons. The molecule has 1 saturated heterocycles. The molecule has 0 saturated carbocycles. The van der Waals surface area contributed by atoms with Gasteiger partial charge >= 0.3 is 6.18 Å². The quantitative estimate of drug-likeness (QED) is 0.604. The van der Waals surface area contributed by atoms with Crippen molar-refractivity contribution >= 4 is 16.6 Å². The van der Waals surface area contributed by atoms with Crippen molar-refractivity contribution in [1.82, 2.24) is 15.1 Å². The molecule has 0 aliphatic carbocycles. The number of benzene rings is 2. The van der Waals surface area contributed by atoms with E-state index in [0.717, 1.165) is 38.1 Å². The number of aromatic hydroxyl groups is 1. The Morgan fingerprint density at radius 1 is 1.17 bits per heavy atom. The molecule has 2 heterocycles. The molecule has 158 valence electrons. The number of phenols is 1. The largest absolute Gasteiger partial charge is 0.507 e. The van der Waals surface area contributed by atoms with Crippen molar-refractivity contribution in [3.05, 3.63) is 47.8 Å². The summed E-state index contributed by atoms with van der Waals surface area (Å²) in [7, 11) is 2.02. The molecule has 5 nitrogen and oxygen atoms in total. The van der Waals surface area contributed by atoms with E-state index in [1.54, 1.807) is 6.07 Å². The lowest BCUT2D eigenvalue weighted by atomic mass is 10.0. The number of rotatable bonds is 3. The molecule has 0 bridgehead atoms. The van der Waals surface area contributed by atoms with E-state index in [4.69, 9.17) is 0 Å². The lowest BCUT2D eigenvalue weighted by Gasteiger charge is -2.30. The fourth-order valence-electron chi connectivity index (χ4n) is 3.85. The third kappa shape index (κ3) is 3.89. The second kappa shape index (κ2) is 7.71. The highest BCUT2D eigenvalue weighted by Gasteiger charge is 2.31. The van der Waals surface area contributed by atoms with Gasteiger partial charge in [0.25, 0.3) is 0 Å². The first-order valence-corrected chi connectivity index (χ1v) is 9.54. The number of aromatic nitrogens is 2. The van der Waals surface area contributed by atoms with Crippen molar-refractivity contribution in [1.29, 1.82) is 0 Å². The molecule has 2 aromatic carbocycles. The highest BCUT2D eigenvalue weighted by atomic mass is 19.4. The summed E-state index contributed by atoms with van der Waals surface area (Å²) in [4.78, 5) is 2.19. The van der Waals surface area contributed by atoms with Crippen molar-refractivity contribution in [3.8, 4) is 17.0 Å². The highest BCUT2D eigenvalue weighted by Crippen LogP contribution is 2.39. The summed E-state index contributed by atoms with van der Waals surface area (Å²) in [5, 5.41) is 22.3. The zero-order valence-electron chi connectivity index (χ0n) is 16.2. The fraction of sp³-hybridized carbons (Fsp3) is 0.333. The second-order valence-corrected chi connectivity index (χ2v) is 7.54. The van der Waals surface area contributed by atoms with Crippen LogP contribution in [-0.4, -0.2) is 46.4 Å². The van der Waals surface area contributed by atoms with Gasteiger partial charge in [-0.25, -0.2) is 4.39 Å². The van der Waals surface area contributed by atoms with Crippen molar-refractivity contribution in [2.24, 2.45) is 0 Å². The van der Waals surface area contributed by atoms with E-state index < -0.39 is 23.3 Å². The van der Waals surface area contributed by atoms with Crippen LogP contribution in [0.25, 0.3) is 22.0 Å². The van der Waals surface area contributed by atoms with Crippen LogP contribution >= 0.6 is 0 Å². The first-order chi connectivity index (χ1) is 14.2. The van der Waals surface area contributed by atoms with E-state index in [0.29, 0.717) is 17.3 Å². The van der Waals surface area contributed by atoms with Crippen LogP contribution in [0, 0.1) is 5.82 Å². The lowest BCUT2D eigenvalue weighted by Crippen LogP contribution is -2.40. The molecule has 1 atom stereocenters. The molecule has 9 heteroatoms. The number of phenolic OH excluding ortho intramolecular Hbond substituents is 1. The molecule has 1 aromatic heterocycles. The number of nitrogens with zero attached hydrogens (tertiary/aromatic N) is 3. The number of halogens is 4. The molecule has 4 rings (SSSR count). The lowest BCUT2D eigenvalue weighted by molar-refractivity contribution is -0.137. The predicted molar refractivity (Wildman–Crippen MR) is 106 cm³/mol. The summed E-state index contributed by atoms with van der Waals surface area (Å²) in [6, 6.07) is 7.08. The SMILES string of the molecule is CN1CCCC(Nc2nnc(-c3ccc(C(F)(F)F)cc3O)c3c(F)cccc23)C1. The van der Waals surface area contributed by atoms with Gasteiger partial charge in [-0.05, 0) is 50.7 Å². The highest BCUT2D eigenvalue weighted by molar-refractivity contribution is 6.01. The van der Waals surface area contributed by atoms with E-state index >= 15 is 0 Å². The van der Waals surface area contributed by atoms with Gasteiger partial charge < -0.3 is 15.3 Å². The first-order valence-electron chi connectivity index (χ1n) is 9.54. The molecule has 0 spiro atoms. The predicted octanol–water partition coefficient (Wildman–Crippen LogP) is 4.67. The number of fused-ring (bicyclic) bond motifs is 1. The Morgan fingerprint density at radius 2 is 1.97 bits per heavy atom. The number of likely N-dealkylation sites (tertiary alicyclic amines) is 1. The number of anilines is 1. The third-order valence-electron chi connectivity index (χ3n) is 5.30. The number of alkyl halides is 3. The van der Waals surface area contributed by atoms with E-state index in [-0.39, 0.29) is 22.7 Å². The van der Waals surface area contributed by atoms with Crippen molar-refractivity contribution in [2.45, 2.75) is 25.1 Å². The van der Waals surface area contributed by atoms with Crippen LogP contribution in [0.4, 0.5) is 23.4 Å². The summed E-state index contributed by atoms with van der Waals surface area (Å²) < 4.78 is 53.5. The van der Waals surface area contributed by atoms with Crippen LogP contribution in [0.2, 0.25) is 0 Å². The molecule has 0 amide bonds. The van der Waals surface area contributed by atoms with E-state index in [1.165, 1.54) is 12.1 Å². The number of nitrogens with one attached hydrogen (secondary N) is 1. The summed E-state index contributed by atoms with van der Waals surface area (Å²) in [5.41, 5.74) is -1.03. The maximum atomic E-state index is 14.8. The van der Waals surface area contributed by atoms with Gasteiger partial charge in [-0.15, -0.1) is 10.2 Å². The third-order valence-corrected chi connectivity index (χ3v) is 5.30. The van der Waals surface area contributed by atoms with Gasteiger partial charge in [0.15, 0.2) is 5.82 Å². The summed E-state index contributed by atoms with van der Waals surface area (Å²) >= 11 is 0. The molecular formula is C21H20F4N4O. The zero-order chi connectivity index (χ0) is 21.5. The molecule has 30 heavy (non-hydrogen) atoms. The maximum absolute atomic E-state index is 14.8. The Labute approximate surface area is 170 Å². The Hall–Kier alpha value is -2.94. The van der Waals surface area contributed by atoms with Crippen LogP contribution in [-0.2, 0) is 6.18 Å². The standard InChI is InChI=1S/C21H20F4N4O/c1-29-9-3-4-13(11-29)26-20-15-5-2-6-16(22)18(15)19(27-28-20)14-8-7-12(10-17(14)30)21(23,24)25/h2,5-8,10,13,30H,3-4,9,11H2,1H3,(H,26,28). The molecule has 1 aliphatic heterocycles. The van der Waals surface area contributed by atoms with Crippen LogP contribution in [0.1, 0.15) is 18.4 Å². The van der Waals surface area contributed by atoms with E-state index in [9.17, 15) is 22.7 Å². The number of piperidine rings is 1. The van der Waals surface area contributed by atoms with Gasteiger partial charge in [0.1, 0.15) is 17.3 Å². The minimum absolute atomic E-state index is 0.0133. The van der Waals surface area contributed by atoms with Crippen molar-refractivity contribution in [2.75, 3.05) is 25.5 Å². The van der Waals surface area contributed by atoms with Gasteiger partial charge in [-0.3, -0.25) is 0 Å². The number of hydrogen-bond donors (Lipinski definition) is 2. The van der Waals surface area contributed by atoms with Crippen LogP contribution in [0.15, 0.2) is 36.4 Å². The van der Waals surface area contributed by atoms with Crippen molar-refractivity contribution in [3.63, 3.8) is 0 Å². The molecule has 1 unspecified atom stereocenters. The molecule has 1 fully saturated rings. The van der Waals surface area contributed by atoms with Gasteiger partial charge in [-0.2, -0.15) is 13.2 Å². The second-order valence-electron chi connectivity index (χ2n) is 7.54. The Morgan fingerprint density at radius 3 is 2.67 bits per heavy atom. The summed E-state index contributed by atoms with van der Waals surface area (Å²) in [5.74, 6) is -0.834. The van der Waals surface area contributed by atoms with Crippen LogP contribution in [0.5, 0.6) is 5.75 Å². The van der Waals surface area contributed by atoms with E-state index in [1.807, 2.05) is 7.05 Å². The average Bonchev–Trinajstić information content (AvgIpc) is 2.68. The minimum atomic E-state index is -4.60. The van der Waals surface area contributed by atoms with Crippen LogP contribution in [0.3, 0.4) is 0 Å². The topological polar surface area (TPSA) is 61.3 Å². The molecule has 3 aromatic rings. The molecule has 1 aliphatic rings. The Kier molecular flexibility index (Phi) is 5.23. The summed E-state index contributed by atoms with van der Waals surface area (Å²) in [6.45, 7) is 1.81. The zero-order valence-corrected chi connectivity index (χ0v) is 16.2. The monoisotopic (exact) mass is 420 g/mol.